The van der Waals surface area contributed by atoms with E-state index in [1.807, 2.05) is 47.4 Å². The van der Waals surface area contributed by atoms with Crippen molar-refractivity contribution in [2.75, 3.05) is 37.7 Å². The molecule has 2 aliphatic rings. The van der Waals surface area contributed by atoms with Crippen LogP contribution in [0.25, 0.3) is 11.0 Å². The second-order valence-electron chi connectivity index (χ2n) is 8.19. The molecule has 3 heterocycles. The number of aromatic nitrogens is 2. The van der Waals surface area contributed by atoms with E-state index in [-0.39, 0.29) is 17.9 Å². The Morgan fingerprint density at radius 3 is 2.67 bits per heavy atom. The highest BCUT2D eigenvalue weighted by atomic mass is 16.5. The van der Waals surface area contributed by atoms with Gasteiger partial charge in [-0.05, 0) is 37.0 Å². The van der Waals surface area contributed by atoms with Crippen molar-refractivity contribution in [2.45, 2.75) is 25.4 Å². The SMILES string of the molecule is O=C(C1CCCOC1c1ccccc1)N1CCCN(c2nc3ccccc3[nH]2)CC1. The maximum atomic E-state index is 13.5. The molecule has 2 fully saturated rings. The summed E-state index contributed by atoms with van der Waals surface area (Å²) in [5, 5.41) is 0. The van der Waals surface area contributed by atoms with Crippen LogP contribution >= 0.6 is 0 Å². The van der Waals surface area contributed by atoms with Gasteiger partial charge in [0.15, 0.2) is 0 Å². The van der Waals surface area contributed by atoms with Crippen molar-refractivity contribution >= 4 is 22.9 Å². The molecule has 1 N–H and O–H groups in total. The van der Waals surface area contributed by atoms with Crippen molar-refractivity contribution in [1.82, 2.24) is 14.9 Å². The Balaban J connectivity index is 1.29. The number of nitrogens with zero attached hydrogens (tertiary/aromatic N) is 3. The molecular formula is C24H28N4O2. The van der Waals surface area contributed by atoms with Gasteiger partial charge in [-0.15, -0.1) is 0 Å². The quantitative estimate of drug-likeness (QED) is 0.722. The molecule has 1 aromatic heterocycles. The van der Waals surface area contributed by atoms with Crippen molar-refractivity contribution in [2.24, 2.45) is 5.92 Å². The normalized spacial score (nSPS) is 22.8. The van der Waals surface area contributed by atoms with Gasteiger partial charge >= 0.3 is 0 Å². The van der Waals surface area contributed by atoms with Crippen LogP contribution in [0.15, 0.2) is 54.6 Å². The molecule has 2 aliphatic heterocycles. The molecule has 156 valence electrons. The van der Waals surface area contributed by atoms with Gasteiger partial charge in [-0.1, -0.05) is 42.5 Å². The number of para-hydroxylation sites is 2. The van der Waals surface area contributed by atoms with Crippen molar-refractivity contribution in [3.63, 3.8) is 0 Å². The number of nitrogens with one attached hydrogen (secondary N) is 1. The Kier molecular flexibility index (Phi) is 5.41. The second-order valence-corrected chi connectivity index (χ2v) is 8.19. The van der Waals surface area contributed by atoms with Gasteiger partial charge in [0.2, 0.25) is 11.9 Å². The number of carbonyl (C=O) groups excluding carboxylic acids is 1. The van der Waals surface area contributed by atoms with Gasteiger partial charge in [-0.2, -0.15) is 0 Å². The Hall–Kier alpha value is -2.86. The fourth-order valence-corrected chi connectivity index (χ4v) is 4.68. The molecule has 2 atom stereocenters. The lowest BCUT2D eigenvalue weighted by molar-refractivity contribution is -0.145. The molecule has 30 heavy (non-hydrogen) atoms. The molecule has 6 heteroatoms. The third-order valence-electron chi connectivity index (χ3n) is 6.25. The molecule has 0 saturated carbocycles. The van der Waals surface area contributed by atoms with E-state index in [0.717, 1.165) is 68.0 Å². The molecule has 0 bridgehead atoms. The first kappa shape index (κ1) is 19.1. The van der Waals surface area contributed by atoms with E-state index in [4.69, 9.17) is 9.72 Å². The van der Waals surface area contributed by atoms with Gasteiger partial charge in [0.25, 0.3) is 0 Å². The zero-order valence-electron chi connectivity index (χ0n) is 17.2. The molecule has 0 spiro atoms. The topological polar surface area (TPSA) is 61.5 Å². The van der Waals surface area contributed by atoms with Crippen molar-refractivity contribution in [3.8, 4) is 0 Å². The highest BCUT2D eigenvalue weighted by Crippen LogP contribution is 2.35. The highest BCUT2D eigenvalue weighted by Gasteiger charge is 2.36. The van der Waals surface area contributed by atoms with E-state index >= 15 is 0 Å². The molecule has 2 unspecified atom stereocenters. The first-order chi connectivity index (χ1) is 14.8. The number of anilines is 1. The first-order valence-electron chi connectivity index (χ1n) is 10.9. The Labute approximate surface area is 176 Å². The Bertz CT molecular complexity index is 970. The summed E-state index contributed by atoms with van der Waals surface area (Å²) in [6.07, 6.45) is 2.63. The lowest BCUT2D eigenvalue weighted by Crippen LogP contribution is -2.42. The summed E-state index contributed by atoms with van der Waals surface area (Å²) in [6, 6.07) is 18.3. The van der Waals surface area contributed by atoms with E-state index in [2.05, 4.69) is 22.0 Å². The summed E-state index contributed by atoms with van der Waals surface area (Å²) in [7, 11) is 0. The molecule has 0 aliphatic carbocycles. The fraction of sp³-hybridized carbons (Fsp3) is 0.417. The van der Waals surface area contributed by atoms with Crippen LogP contribution in [0, 0.1) is 5.92 Å². The maximum absolute atomic E-state index is 13.5. The van der Waals surface area contributed by atoms with Gasteiger partial charge in [0.1, 0.15) is 0 Å². The third kappa shape index (κ3) is 3.79. The van der Waals surface area contributed by atoms with Crippen LogP contribution in [0.4, 0.5) is 5.95 Å². The number of H-pyrrole nitrogens is 1. The lowest BCUT2D eigenvalue weighted by atomic mass is 9.88. The van der Waals surface area contributed by atoms with Gasteiger partial charge in [-0.3, -0.25) is 4.79 Å². The molecule has 2 aromatic carbocycles. The van der Waals surface area contributed by atoms with Crippen LogP contribution in [0.2, 0.25) is 0 Å². The summed E-state index contributed by atoms with van der Waals surface area (Å²) in [5.41, 5.74) is 3.14. The number of amides is 1. The van der Waals surface area contributed by atoms with E-state index in [1.165, 1.54) is 0 Å². The molecule has 3 aromatic rings. The standard InChI is InChI=1S/C24H28N4O2/c29-23(19-10-6-17-30-22(19)18-8-2-1-3-9-18)27-13-7-14-28(16-15-27)24-25-20-11-4-5-12-21(20)26-24/h1-5,8-9,11-12,19,22H,6-7,10,13-17H2,(H,25,26). The van der Waals surface area contributed by atoms with Crippen LogP contribution in [0.5, 0.6) is 0 Å². The summed E-state index contributed by atoms with van der Waals surface area (Å²) in [4.78, 5) is 25.9. The highest BCUT2D eigenvalue weighted by molar-refractivity contribution is 5.80. The average molecular weight is 405 g/mol. The number of fused-ring (bicyclic) bond motifs is 1. The number of hydrogen-bond donors (Lipinski definition) is 1. The second kappa shape index (κ2) is 8.48. The minimum Gasteiger partial charge on any atom is -0.373 e. The van der Waals surface area contributed by atoms with Crippen molar-refractivity contribution in [3.05, 3.63) is 60.2 Å². The van der Waals surface area contributed by atoms with E-state index in [1.54, 1.807) is 0 Å². The number of rotatable bonds is 3. The minimum atomic E-state index is -0.137. The number of carbonyl (C=O) groups is 1. The third-order valence-corrected chi connectivity index (χ3v) is 6.25. The summed E-state index contributed by atoms with van der Waals surface area (Å²) in [6.45, 7) is 3.91. The molecule has 1 amide bonds. The van der Waals surface area contributed by atoms with Crippen LogP contribution in [0.3, 0.4) is 0 Å². The van der Waals surface area contributed by atoms with Gasteiger partial charge in [-0.25, -0.2) is 4.98 Å². The lowest BCUT2D eigenvalue weighted by Gasteiger charge is -2.34. The maximum Gasteiger partial charge on any atom is 0.228 e. The van der Waals surface area contributed by atoms with Crippen molar-refractivity contribution in [1.29, 1.82) is 0 Å². The monoisotopic (exact) mass is 404 g/mol. The zero-order chi connectivity index (χ0) is 20.3. The number of imidazole rings is 1. The molecule has 6 nitrogen and oxygen atoms in total. The summed E-state index contributed by atoms with van der Waals surface area (Å²) < 4.78 is 6.07. The fourth-order valence-electron chi connectivity index (χ4n) is 4.68. The largest absolute Gasteiger partial charge is 0.373 e. The van der Waals surface area contributed by atoms with Crippen LogP contribution in [-0.2, 0) is 9.53 Å². The average Bonchev–Trinajstić information content (AvgIpc) is 3.08. The Morgan fingerprint density at radius 2 is 1.80 bits per heavy atom. The zero-order valence-corrected chi connectivity index (χ0v) is 17.2. The number of ether oxygens (including phenoxy) is 1. The molecule has 2 saturated heterocycles. The number of benzene rings is 2. The molecular weight excluding hydrogens is 376 g/mol. The predicted octanol–water partition coefficient (Wildman–Crippen LogP) is 3.77. The first-order valence-corrected chi connectivity index (χ1v) is 10.9. The van der Waals surface area contributed by atoms with Gasteiger partial charge < -0.3 is 19.5 Å². The van der Waals surface area contributed by atoms with Crippen LogP contribution in [-0.4, -0.2) is 53.6 Å². The van der Waals surface area contributed by atoms with E-state index in [0.29, 0.717) is 6.54 Å². The van der Waals surface area contributed by atoms with Gasteiger partial charge in [0, 0.05) is 32.8 Å². The van der Waals surface area contributed by atoms with Crippen LogP contribution in [0.1, 0.15) is 30.9 Å². The Morgan fingerprint density at radius 1 is 0.967 bits per heavy atom. The number of hydrogen-bond acceptors (Lipinski definition) is 4. The number of aromatic amines is 1. The van der Waals surface area contributed by atoms with Crippen molar-refractivity contribution < 1.29 is 9.53 Å². The van der Waals surface area contributed by atoms with E-state index in [9.17, 15) is 4.79 Å². The molecule has 5 rings (SSSR count). The van der Waals surface area contributed by atoms with Gasteiger partial charge in [0.05, 0.1) is 23.1 Å². The van der Waals surface area contributed by atoms with E-state index < -0.39 is 0 Å². The smallest absolute Gasteiger partial charge is 0.228 e. The predicted molar refractivity (Wildman–Crippen MR) is 117 cm³/mol. The summed E-state index contributed by atoms with van der Waals surface area (Å²) >= 11 is 0. The minimum absolute atomic E-state index is 0.0982. The van der Waals surface area contributed by atoms with Crippen LogP contribution < -0.4 is 4.90 Å². The summed E-state index contributed by atoms with van der Waals surface area (Å²) in [5.74, 6) is 1.03. The molecule has 0 radical (unpaired) electrons.